The Bertz CT molecular complexity index is 2410. The summed E-state index contributed by atoms with van der Waals surface area (Å²) in [6, 6.07) is 8.63. The zero-order valence-corrected chi connectivity index (χ0v) is 47.1. The Kier molecular flexibility index (Phi) is 24.2. The average Bonchev–Trinajstić information content (AvgIpc) is 3.98. The van der Waals surface area contributed by atoms with E-state index in [-0.39, 0.29) is 23.3 Å². The molecule has 3 amide bonds. The topological polar surface area (TPSA) is 150 Å². The lowest BCUT2D eigenvalue weighted by molar-refractivity contribution is -0.133. The largest absolute Gasteiger partial charge is 0.501 e. The van der Waals surface area contributed by atoms with Crippen molar-refractivity contribution in [3.05, 3.63) is 103 Å². The van der Waals surface area contributed by atoms with Gasteiger partial charge in [0.2, 0.25) is 0 Å². The molecule has 3 aromatic heterocycles. The highest BCUT2D eigenvalue weighted by atomic mass is 32.1. The summed E-state index contributed by atoms with van der Waals surface area (Å²) >= 11 is 1.70. The third-order valence-electron chi connectivity index (χ3n) is 13.3. The van der Waals surface area contributed by atoms with Gasteiger partial charge in [-0.3, -0.25) is 15.2 Å². The molecule has 3 fully saturated rings. The van der Waals surface area contributed by atoms with E-state index in [1.54, 1.807) is 40.7 Å². The van der Waals surface area contributed by atoms with Crippen molar-refractivity contribution in [3.63, 3.8) is 0 Å². The number of nitrogens with two attached hydrogens (primary N) is 1. The van der Waals surface area contributed by atoms with Gasteiger partial charge in [-0.15, -0.1) is 29.6 Å². The number of pyridine rings is 1. The number of nitrogens with zero attached hydrogens (tertiary/aromatic N) is 8. The van der Waals surface area contributed by atoms with Crippen LogP contribution in [0.5, 0.6) is 0 Å². The molecular formula is C57H89N11O4S. The van der Waals surface area contributed by atoms with Crippen LogP contribution < -0.4 is 21.5 Å². The number of carbonyl (C=O) groups is 2. The number of morpholine rings is 1. The molecule has 0 spiro atoms. The standard InChI is InChI=1S/C37H49N5OS.C16H29N5O3.C3H6.CH5N/c1-9-13-34-39-32(24-44-34)27-14-15-33-29(20-27)31(22-37(6,7)25-43-12-4)36(42(33)11-3)30-21-28(23-38-35(30)26(5)10-2)41-18-16-40(8)17-19-41;1-12(2)14(15(22)18-21-7-5-6-13(3)17-21)19(4)16(23)20-8-10-24-11-9-20;1-3-2;1-2/h9,12,14-15,20-21,23-24,26H,1,4,10-11,13,16-19,22,25H2,2-3,5-8H3;12,14,17H,3,5-11H2,1-2,4H3,(H,18,22);3H,1H2,2H3;2H2,1H3. The minimum absolute atomic E-state index is 0.00650. The minimum Gasteiger partial charge on any atom is -0.501 e. The number of hydrogen-bond donors (Lipinski definition) is 3. The zero-order chi connectivity index (χ0) is 53.8. The van der Waals surface area contributed by atoms with E-state index in [9.17, 15) is 9.59 Å². The van der Waals surface area contributed by atoms with E-state index in [0.29, 0.717) is 45.4 Å². The second-order valence-electron chi connectivity index (χ2n) is 20.0. The first-order valence-corrected chi connectivity index (χ1v) is 27.0. The molecule has 0 saturated carbocycles. The number of hydrazine groups is 2. The number of rotatable bonds is 17. The van der Waals surface area contributed by atoms with Gasteiger partial charge in [-0.1, -0.05) is 72.9 Å². The van der Waals surface area contributed by atoms with Crippen LogP contribution in [-0.2, 0) is 33.7 Å². The van der Waals surface area contributed by atoms with Gasteiger partial charge >= 0.3 is 6.03 Å². The molecule has 2 unspecified atom stereocenters. The number of thiazole rings is 1. The number of anilines is 1. The number of carbonyl (C=O) groups excluding carboxylic acids is 2. The Morgan fingerprint density at radius 3 is 2.33 bits per heavy atom. The maximum atomic E-state index is 12.7. The lowest BCUT2D eigenvalue weighted by Crippen LogP contribution is -2.60. The van der Waals surface area contributed by atoms with Crippen molar-refractivity contribution in [1.82, 2.24) is 45.2 Å². The Morgan fingerprint density at radius 2 is 1.73 bits per heavy atom. The van der Waals surface area contributed by atoms with Crippen LogP contribution in [0, 0.1) is 11.3 Å². The summed E-state index contributed by atoms with van der Waals surface area (Å²) in [5.41, 5.74) is 20.9. The van der Waals surface area contributed by atoms with Gasteiger partial charge in [-0.2, -0.15) is 0 Å². The Balaban J connectivity index is 0.000000336. The predicted octanol–water partition coefficient (Wildman–Crippen LogP) is 9.88. The third kappa shape index (κ3) is 16.2. The van der Waals surface area contributed by atoms with Crippen molar-refractivity contribution in [1.29, 1.82) is 0 Å². The van der Waals surface area contributed by atoms with Crippen LogP contribution in [-0.4, -0.2) is 139 Å². The van der Waals surface area contributed by atoms with Crippen molar-refractivity contribution >= 4 is 39.9 Å². The number of aromatic nitrogens is 3. The van der Waals surface area contributed by atoms with Gasteiger partial charge in [-0.25, -0.2) is 9.78 Å². The number of urea groups is 1. The SMILES string of the molecule is C=C1CCCN(NC(=O)C(C(C)C)N(C)C(=O)N2CCOCC2)N1.C=CC.C=CCc1nc(-c2ccc3c(c2)c(CC(C)(C)COC=C)c(-c2cc(N4CCN(C)CC4)cnc2C(C)CC)n3CC)cs1.CN. The van der Waals surface area contributed by atoms with Gasteiger partial charge < -0.3 is 44.8 Å². The summed E-state index contributed by atoms with van der Waals surface area (Å²) in [6.45, 7) is 40.7. The highest BCUT2D eigenvalue weighted by Gasteiger charge is 2.34. The maximum absolute atomic E-state index is 12.7. The predicted molar refractivity (Wildman–Crippen MR) is 304 cm³/mol. The first kappa shape index (κ1) is 60.0. The summed E-state index contributed by atoms with van der Waals surface area (Å²) < 4.78 is 13.6. The Labute approximate surface area is 442 Å². The van der Waals surface area contributed by atoms with Gasteiger partial charge in [0, 0.05) is 104 Å². The first-order chi connectivity index (χ1) is 35.0. The summed E-state index contributed by atoms with van der Waals surface area (Å²) in [5, 5.41) is 6.19. The highest BCUT2D eigenvalue weighted by molar-refractivity contribution is 7.10. The number of hydrogen-bond acceptors (Lipinski definition) is 12. The second-order valence-corrected chi connectivity index (χ2v) is 20.9. The molecule has 15 nitrogen and oxygen atoms in total. The van der Waals surface area contributed by atoms with Gasteiger partial charge in [0.25, 0.3) is 5.91 Å². The normalized spacial score (nSPS) is 16.1. The highest BCUT2D eigenvalue weighted by Crippen LogP contribution is 2.43. The molecular weight excluding hydrogens is 935 g/mol. The summed E-state index contributed by atoms with van der Waals surface area (Å²) in [6.07, 6.45) is 11.9. The van der Waals surface area contributed by atoms with Gasteiger partial charge in [-0.05, 0) is 89.2 Å². The van der Waals surface area contributed by atoms with Gasteiger partial charge in [0.15, 0.2) is 0 Å². The van der Waals surface area contributed by atoms with E-state index in [2.05, 4.69) is 135 Å². The van der Waals surface area contributed by atoms with Gasteiger partial charge in [0.05, 0.1) is 60.1 Å². The van der Waals surface area contributed by atoms with Crippen molar-refractivity contribution in [3.8, 4) is 22.5 Å². The number of aryl methyl sites for hydroxylation is 1. The molecule has 6 heterocycles. The average molecular weight is 1020 g/mol. The molecule has 1 aromatic carbocycles. The van der Waals surface area contributed by atoms with Crippen LogP contribution in [0.15, 0.2) is 86.3 Å². The fraction of sp³-hybridized carbons (Fsp3) is 0.544. The molecule has 0 aliphatic carbocycles. The first-order valence-electron chi connectivity index (χ1n) is 26.1. The number of fused-ring (bicyclic) bond motifs is 1. The van der Waals surface area contributed by atoms with Crippen LogP contribution in [0.3, 0.4) is 0 Å². The van der Waals surface area contributed by atoms with Crippen molar-refractivity contribution in [2.45, 2.75) is 106 Å². The molecule has 0 radical (unpaired) electrons. The molecule has 2 atom stereocenters. The van der Waals surface area contributed by atoms with Crippen LogP contribution in [0.25, 0.3) is 33.4 Å². The van der Waals surface area contributed by atoms with Crippen LogP contribution >= 0.6 is 11.3 Å². The molecule has 16 heteroatoms. The van der Waals surface area contributed by atoms with E-state index in [1.165, 1.54) is 51.1 Å². The quantitative estimate of drug-likeness (QED) is 0.0686. The number of ether oxygens (including phenoxy) is 2. The number of amides is 3. The number of piperazine rings is 1. The molecule has 3 saturated heterocycles. The lowest BCUT2D eigenvalue weighted by Gasteiger charge is -2.37. The molecule has 7 rings (SSSR count). The lowest BCUT2D eigenvalue weighted by atomic mass is 9.83. The van der Waals surface area contributed by atoms with E-state index < -0.39 is 6.04 Å². The second kappa shape index (κ2) is 29.4. The van der Waals surface area contributed by atoms with Crippen LogP contribution in [0.4, 0.5) is 10.5 Å². The Morgan fingerprint density at radius 1 is 1.04 bits per heavy atom. The van der Waals surface area contributed by atoms with E-state index in [0.717, 1.165) is 86.8 Å². The number of benzene rings is 1. The molecule has 73 heavy (non-hydrogen) atoms. The molecule has 402 valence electrons. The number of likely N-dealkylation sites (N-methyl/N-ethyl adjacent to an activating group) is 2. The summed E-state index contributed by atoms with van der Waals surface area (Å²) in [7, 11) is 5.39. The molecule has 4 aromatic rings. The summed E-state index contributed by atoms with van der Waals surface area (Å²) in [4.78, 5) is 43.7. The monoisotopic (exact) mass is 1020 g/mol. The van der Waals surface area contributed by atoms with E-state index in [4.69, 9.17) is 19.4 Å². The smallest absolute Gasteiger partial charge is 0.320 e. The maximum Gasteiger partial charge on any atom is 0.320 e. The summed E-state index contributed by atoms with van der Waals surface area (Å²) in [5.74, 6) is 0.137. The number of nitrogens with one attached hydrogen (secondary N) is 2. The minimum atomic E-state index is -0.544. The van der Waals surface area contributed by atoms with Crippen LogP contribution in [0.2, 0.25) is 0 Å². The molecule has 4 N–H and O–H groups in total. The van der Waals surface area contributed by atoms with Crippen molar-refractivity contribution < 1.29 is 19.1 Å². The Hall–Kier alpha value is -5.52. The number of allylic oxidation sites excluding steroid dienone is 3. The zero-order valence-electron chi connectivity index (χ0n) is 46.3. The van der Waals surface area contributed by atoms with Crippen molar-refractivity contribution in [2.24, 2.45) is 17.1 Å². The molecule has 3 aliphatic rings. The fourth-order valence-electron chi connectivity index (χ4n) is 9.41. The molecule has 3 aliphatic heterocycles. The molecule has 0 bridgehead atoms. The van der Waals surface area contributed by atoms with E-state index in [1.807, 2.05) is 26.8 Å². The fourth-order valence-corrected chi connectivity index (χ4v) is 10.2. The van der Waals surface area contributed by atoms with Crippen molar-refractivity contribution in [2.75, 3.05) is 91.7 Å². The van der Waals surface area contributed by atoms with Gasteiger partial charge in [0.1, 0.15) is 6.04 Å². The van der Waals surface area contributed by atoms with Crippen LogP contribution in [0.1, 0.15) is 96.8 Å². The van der Waals surface area contributed by atoms with E-state index >= 15 is 0 Å². The third-order valence-corrected chi connectivity index (χ3v) is 14.2.